The quantitative estimate of drug-likeness (QED) is 0.229. The van der Waals surface area contributed by atoms with E-state index in [0.717, 1.165) is 24.3 Å². The molecule has 33 heavy (non-hydrogen) atoms. The number of aliphatic hydroxyl groups excluding tert-OH is 4. The van der Waals surface area contributed by atoms with Gasteiger partial charge in [0.05, 0.1) is 6.61 Å². The zero-order chi connectivity index (χ0) is 24.0. The van der Waals surface area contributed by atoms with Gasteiger partial charge >= 0.3 is 0 Å². The van der Waals surface area contributed by atoms with Gasteiger partial charge in [-0.1, -0.05) is 0 Å². The summed E-state index contributed by atoms with van der Waals surface area (Å²) in [6.07, 6.45) is -8.40. The standard InChI is InChI=1S/C21H20O12/c22-6-13-15(27)17(29)18(30)21(32-13)33-20-16(28)14-11(26)4-8(23)5-12(14)31-19(20)7-1-2-9(24)10(25)3-7/h1-5,13,15,17-18,21-27,29-30H,6H2/t13?,15?,17-,18?,21+/m1/s1. The zero-order valence-corrected chi connectivity index (χ0v) is 16.7. The van der Waals surface area contributed by atoms with Crippen molar-refractivity contribution in [1.29, 1.82) is 0 Å². The minimum absolute atomic E-state index is 0.0201. The van der Waals surface area contributed by atoms with E-state index in [1.807, 2.05) is 0 Å². The van der Waals surface area contributed by atoms with Crippen LogP contribution >= 0.6 is 0 Å². The molecule has 2 heterocycles. The normalized spacial score (nSPS) is 25.3. The molecule has 1 aliphatic heterocycles. The number of phenolic OH excluding ortho intramolecular Hbond substituents is 4. The molecule has 12 heteroatoms. The first-order valence-electron chi connectivity index (χ1n) is 9.64. The van der Waals surface area contributed by atoms with E-state index in [4.69, 9.17) is 13.9 Å². The van der Waals surface area contributed by atoms with Crippen molar-refractivity contribution in [2.45, 2.75) is 30.7 Å². The van der Waals surface area contributed by atoms with Gasteiger partial charge in [0.25, 0.3) is 0 Å². The lowest BCUT2D eigenvalue weighted by Gasteiger charge is -2.39. The summed E-state index contributed by atoms with van der Waals surface area (Å²) in [6, 6.07) is 5.36. The fourth-order valence-electron chi connectivity index (χ4n) is 3.51. The van der Waals surface area contributed by atoms with Gasteiger partial charge in [0.15, 0.2) is 17.3 Å². The molecule has 176 valence electrons. The molecule has 5 atom stereocenters. The molecule has 3 unspecified atom stereocenters. The second-order valence-corrected chi connectivity index (χ2v) is 7.45. The fourth-order valence-corrected chi connectivity index (χ4v) is 3.51. The van der Waals surface area contributed by atoms with Crippen LogP contribution in [0.2, 0.25) is 0 Å². The highest BCUT2D eigenvalue weighted by atomic mass is 16.7. The molecule has 1 aromatic heterocycles. The van der Waals surface area contributed by atoms with Crippen molar-refractivity contribution in [2.24, 2.45) is 0 Å². The van der Waals surface area contributed by atoms with Gasteiger partial charge in [-0.25, -0.2) is 0 Å². The Bertz CT molecular complexity index is 1250. The highest BCUT2D eigenvalue weighted by Crippen LogP contribution is 2.39. The molecule has 12 nitrogen and oxygen atoms in total. The number of aromatic hydroxyl groups is 4. The topological polar surface area (TPSA) is 211 Å². The first-order valence-corrected chi connectivity index (χ1v) is 9.64. The van der Waals surface area contributed by atoms with Crippen LogP contribution in [-0.2, 0) is 4.74 Å². The molecule has 0 bridgehead atoms. The van der Waals surface area contributed by atoms with E-state index in [1.165, 1.54) is 6.07 Å². The Hall–Kier alpha value is -3.55. The molecule has 0 saturated carbocycles. The molecular formula is C21H20O12. The Morgan fingerprint density at radius 3 is 2.27 bits per heavy atom. The predicted molar refractivity (Wildman–Crippen MR) is 109 cm³/mol. The first-order chi connectivity index (χ1) is 15.6. The number of fused-ring (bicyclic) bond motifs is 1. The van der Waals surface area contributed by atoms with Crippen molar-refractivity contribution in [3.05, 3.63) is 40.6 Å². The lowest BCUT2D eigenvalue weighted by molar-refractivity contribution is -0.277. The first kappa shape index (κ1) is 22.6. The van der Waals surface area contributed by atoms with Crippen LogP contribution in [0, 0.1) is 0 Å². The van der Waals surface area contributed by atoms with Crippen molar-refractivity contribution < 1.29 is 54.7 Å². The molecule has 1 saturated heterocycles. The lowest BCUT2D eigenvalue weighted by Crippen LogP contribution is -2.60. The highest BCUT2D eigenvalue weighted by Gasteiger charge is 2.45. The maximum atomic E-state index is 13.2. The van der Waals surface area contributed by atoms with Crippen molar-refractivity contribution in [3.63, 3.8) is 0 Å². The van der Waals surface area contributed by atoms with Crippen LogP contribution in [0.4, 0.5) is 0 Å². The average Bonchev–Trinajstić information content (AvgIpc) is 2.76. The van der Waals surface area contributed by atoms with Crippen LogP contribution in [-0.4, -0.2) is 78.2 Å². The number of hydrogen-bond acceptors (Lipinski definition) is 12. The number of hydrogen-bond donors (Lipinski definition) is 8. The number of phenols is 4. The van der Waals surface area contributed by atoms with Gasteiger partial charge in [-0.15, -0.1) is 0 Å². The van der Waals surface area contributed by atoms with Gasteiger partial charge < -0.3 is 54.7 Å². The van der Waals surface area contributed by atoms with Crippen LogP contribution in [0.15, 0.2) is 39.5 Å². The number of rotatable bonds is 4. The van der Waals surface area contributed by atoms with E-state index in [2.05, 4.69) is 0 Å². The summed E-state index contributed by atoms with van der Waals surface area (Å²) in [5, 5.41) is 78.7. The third kappa shape index (κ3) is 3.90. The summed E-state index contributed by atoms with van der Waals surface area (Å²) in [5.41, 5.74) is -1.19. The Morgan fingerprint density at radius 1 is 0.879 bits per heavy atom. The average molecular weight is 464 g/mol. The Balaban J connectivity index is 1.91. The van der Waals surface area contributed by atoms with Gasteiger partial charge in [0.2, 0.25) is 17.5 Å². The molecule has 1 fully saturated rings. The van der Waals surface area contributed by atoms with E-state index in [0.29, 0.717) is 0 Å². The van der Waals surface area contributed by atoms with E-state index in [-0.39, 0.29) is 22.3 Å². The maximum Gasteiger partial charge on any atom is 0.239 e. The Labute approximate surface area is 184 Å². The maximum absolute atomic E-state index is 13.2. The summed E-state index contributed by atoms with van der Waals surface area (Å²) >= 11 is 0. The summed E-state index contributed by atoms with van der Waals surface area (Å²) < 4.78 is 16.5. The number of benzene rings is 2. The van der Waals surface area contributed by atoms with Crippen molar-refractivity contribution in [1.82, 2.24) is 0 Å². The minimum atomic E-state index is -1.85. The van der Waals surface area contributed by atoms with E-state index >= 15 is 0 Å². The van der Waals surface area contributed by atoms with Crippen LogP contribution in [0.1, 0.15) is 0 Å². The molecule has 2 aromatic carbocycles. The molecule has 0 spiro atoms. The van der Waals surface area contributed by atoms with Crippen LogP contribution < -0.4 is 10.2 Å². The number of aliphatic hydroxyl groups is 4. The predicted octanol–water partition coefficient (Wildman–Crippen LogP) is -0.539. The Kier molecular flexibility index (Phi) is 5.78. The van der Waals surface area contributed by atoms with Crippen molar-refractivity contribution >= 4 is 11.0 Å². The SMILES string of the molecule is O=c1c(O[C@@H]2OC(CO)C(O)[C@@H](O)C2O)c(-c2ccc(O)c(O)c2)oc2cc(O)cc(O)c12. The number of ether oxygens (including phenoxy) is 2. The molecule has 8 N–H and O–H groups in total. The lowest BCUT2D eigenvalue weighted by atomic mass is 9.99. The summed E-state index contributed by atoms with van der Waals surface area (Å²) in [4.78, 5) is 13.2. The molecular weight excluding hydrogens is 444 g/mol. The van der Waals surface area contributed by atoms with Gasteiger partial charge in [-0.05, 0) is 18.2 Å². The third-order valence-corrected chi connectivity index (χ3v) is 5.24. The monoisotopic (exact) mass is 464 g/mol. The molecule has 0 aliphatic carbocycles. The van der Waals surface area contributed by atoms with Crippen LogP contribution in [0.5, 0.6) is 28.7 Å². The van der Waals surface area contributed by atoms with Crippen LogP contribution in [0.3, 0.4) is 0 Å². The van der Waals surface area contributed by atoms with Gasteiger partial charge in [-0.2, -0.15) is 0 Å². The van der Waals surface area contributed by atoms with Crippen molar-refractivity contribution in [3.8, 4) is 40.1 Å². The third-order valence-electron chi connectivity index (χ3n) is 5.24. The molecule has 0 amide bonds. The fraction of sp³-hybridized carbons (Fsp3) is 0.286. The summed E-state index contributed by atoms with van der Waals surface area (Å²) in [7, 11) is 0. The smallest absolute Gasteiger partial charge is 0.239 e. The Morgan fingerprint density at radius 2 is 1.61 bits per heavy atom. The van der Waals surface area contributed by atoms with Gasteiger partial charge in [0, 0.05) is 17.7 Å². The molecule has 3 aromatic rings. The van der Waals surface area contributed by atoms with Gasteiger partial charge in [0.1, 0.15) is 46.9 Å². The second kappa shape index (κ2) is 8.42. The molecule has 1 aliphatic rings. The van der Waals surface area contributed by atoms with E-state index in [1.54, 1.807) is 0 Å². The summed E-state index contributed by atoms with van der Waals surface area (Å²) in [6.45, 7) is -0.740. The van der Waals surface area contributed by atoms with Crippen LogP contribution in [0.25, 0.3) is 22.3 Å². The van der Waals surface area contributed by atoms with Gasteiger partial charge in [-0.3, -0.25) is 4.79 Å². The highest BCUT2D eigenvalue weighted by molar-refractivity contribution is 5.88. The molecule has 0 radical (unpaired) electrons. The largest absolute Gasteiger partial charge is 0.508 e. The van der Waals surface area contributed by atoms with E-state index in [9.17, 15) is 45.6 Å². The minimum Gasteiger partial charge on any atom is -0.508 e. The summed E-state index contributed by atoms with van der Waals surface area (Å²) in [5.74, 6) is -3.05. The zero-order valence-electron chi connectivity index (χ0n) is 16.7. The van der Waals surface area contributed by atoms with E-state index < -0.39 is 71.5 Å². The van der Waals surface area contributed by atoms with Crippen molar-refractivity contribution in [2.75, 3.05) is 6.61 Å². The molecule has 4 rings (SSSR count). The second-order valence-electron chi connectivity index (χ2n) is 7.45.